The summed E-state index contributed by atoms with van der Waals surface area (Å²) in [5, 5.41) is 0.528. The summed E-state index contributed by atoms with van der Waals surface area (Å²) in [7, 11) is 2.03. The van der Waals surface area contributed by atoms with Crippen LogP contribution >= 0.6 is 11.6 Å². The molecule has 1 aromatic heterocycles. The van der Waals surface area contributed by atoms with Crippen LogP contribution in [0, 0.1) is 0 Å². The number of hydrogen-bond acceptors (Lipinski definition) is 4. The van der Waals surface area contributed by atoms with Crippen LogP contribution in [0.2, 0.25) is 5.02 Å². The van der Waals surface area contributed by atoms with Gasteiger partial charge in [0, 0.05) is 32.4 Å². The lowest BCUT2D eigenvalue weighted by molar-refractivity contribution is 0.0510. The molecule has 0 radical (unpaired) electrons. The third-order valence-electron chi connectivity index (χ3n) is 3.17. The van der Waals surface area contributed by atoms with E-state index in [4.69, 9.17) is 17.3 Å². The lowest BCUT2D eigenvalue weighted by atomic mass is 10.1. The minimum absolute atomic E-state index is 0.0497. The van der Waals surface area contributed by atoms with Crippen LogP contribution in [0.5, 0.6) is 0 Å². The van der Waals surface area contributed by atoms with E-state index >= 15 is 0 Å². The average molecular weight is 269 g/mol. The van der Waals surface area contributed by atoms with Crippen molar-refractivity contribution in [2.75, 3.05) is 33.2 Å². The van der Waals surface area contributed by atoms with Crippen LogP contribution in [0.1, 0.15) is 10.5 Å². The second-order valence-electron chi connectivity index (χ2n) is 4.51. The Kier molecular flexibility index (Phi) is 4.16. The number of nitrogens with zero attached hydrogens (tertiary/aromatic N) is 3. The van der Waals surface area contributed by atoms with E-state index < -0.39 is 0 Å². The molecule has 0 saturated carbocycles. The van der Waals surface area contributed by atoms with Crippen molar-refractivity contribution in [1.82, 2.24) is 14.8 Å². The van der Waals surface area contributed by atoms with Gasteiger partial charge in [0.05, 0.1) is 11.1 Å². The van der Waals surface area contributed by atoms with Gasteiger partial charge in [-0.3, -0.25) is 4.79 Å². The van der Waals surface area contributed by atoms with Gasteiger partial charge in [-0.05, 0) is 19.2 Å². The summed E-state index contributed by atoms with van der Waals surface area (Å²) in [5.74, 6) is -0.0739. The van der Waals surface area contributed by atoms with E-state index in [2.05, 4.69) is 9.88 Å². The second-order valence-corrected chi connectivity index (χ2v) is 4.95. The highest BCUT2D eigenvalue weighted by molar-refractivity contribution is 6.30. The molecule has 1 aromatic rings. The number of carbonyl (C=O) groups is 1. The molecule has 0 spiro atoms. The van der Waals surface area contributed by atoms with Crippen molar-refractivity contribution in [1.29, 1.82) is 0 Å². The predicted molar refractivity (Wildman–Crippen MR) is 70.6 cm³/mol. The van der Waals surface area contributed by atoms with Gasteiger partial charge >= 0.3 is 0 Å². The van der Waals surface area contributed by atoms with Gasteiger partial charge in [-0.1, -0.05) is 11.6 Å². The van der Waals surface area contributed by atoms with Crippen LogP contribution in [0.4, 0.5) is 0 Å². The number of amides is 1. The number of rotatable bonds is 2. The number of pyridine rings is 1. The third-order valence-corrected chi connectivity index (χ3v) is 3.39. The first-order valence-corrected chi connectivity index (χ1v) is 6.30. The van der Waals surface area contributed by atoms with Crippen LogP contribution in [0.3, 0.4) is 0 Å². The van der Waals surface area contributed by atoms with E-state index in [1.54, 1.807) is 17.0 Å². The molecule has 1 fully saturated rings. The van der Waals surface area contributed by atoms with Gasteiger partial charge in [0.25, 0.3) is 5.91 Å². The van der Waals surface area contributed by atoms with Crippen molar-refractivity contribution >= 4 is 17.5 Å². The van der Waals surface area contributed by atoms with Crippen molar-refractivity contribution in [2.45, 2.75) is 6.04 Å². The Balaban J connectivity index is 2.14. The fourth-order valence-electron chi connectivity index (χ4n) is 2.13. The molecule has 98 valence electrons. The van der Waals surface area contributed by atoms with Crippen LogP contribution < -0.4 is 5.73 Å². The lowest BCUT2D eigenvalue weighted by Crippen LogP contribution is -2.56. The number of nitrogens with two attached hydrogens (primary N) is 1. The Morgan fingerprint density at radius 1 is 1.56 bits per heavy atom. The van der Waals surface area contributed by atoms with E-state index in [1.807, 2.05) is 7.05 Å². The molecule has 0 bridgehead atoms. The summed E-state index contributed by atoms with van der Waals surface area (Å²) in [6, 6.07) is 3.38. The first kappa shape index (κ1) is 13.3. The van der Waals surface area contributed by atoms with Gasteiger partial charge < -0.3 is 15.5 Å². The fraction of sp³-hybridized carbons (Fsp3) is 0.500. The zero-order valence-corrected chi connectivity index (χ0v) is 11.1. The highest BCUT2D eigenvalue weighted by atomic mass is 35.5. The number of halogens is 1. The molecule has 2 heterocycles. The van der Waals surface area contributed by atoms with E-state index in [9.17, 15) is 4.79 Å². The molecular weight excluding hydrogens is 252 g/mol. The summed E-state index contributed by atoms with van der Waals surface area (Å²) in [4.78, 5) is 20.4. The Labute approximate surface area is 112 Å². The van der Waals surface area contributed by atoms with E-state index in [0.717, 1.165) is 13.1 Å². The topological polar surface area (TPSA) is 62.5 Å². The van der Waals surface area contributed by atoms with E-state index in [0.29, 0.717) is 23.8 Å². The van der Waals surface area contributed by atoms with Crippen LogP contribution in [0.15, 0.2) is 18.3 Å². The van der Waals surface area contributed by atoms with Gasteiger partial charge in [0.1, 0.15) is 5.69 Å². The Morgan fingerprint density at radius 3 is 2.94 bits per heavy atom. The largest absolute Gasteiger partial charge is 0.330 e. The van der Waals surface area contributed by atoms with Gasteiger partial charge in [-0.25, -0.2) is 4.98 Å². The highest BCUT2D eigenvalue weighted by Gasteiger charge is 2.29. The molecule has 1 saturated heterocycles. The zero-order chi connectivity index (χ0) is 13.1. The molecule has 18 heavy (non-hydrogen) atoms. The fourth-order valence-corrected chi connectivity index (χ4v) is 2.24. The van der Waals surface area contributed by atoms with E-state index in [1.165, 1.54) is 6.20 Å². The van der Waals surface area contributed by atoms with Crippen molar-refractivity contribution in [3.63, 3.8) is 0 Å². The predicted octanol–water partition coefficient (Wildman–Crippen LogP) is 0.450. The molecule has 1 aliphatic rings. The maximum atomic E-state index is 12.3. The molecular formula is C12H17ClN4O. The lowest BCUT2D eigenvalue weighted by Gasteiger charge is -2.39. The van der Waals surface area contributed by atoms with Gasteiger partial charge in [-0.2, -0.15) is 0 Å². The minimum atomic E-state index is -0.0739. The van der Waals surface area contributed by atoms with Crippen LogP contribution in [-0.2, 0) is 0 Å². The van der Waals surface area contributed by atoms with Gasteiger partial charge in [0.15, 0.2) is 0 Å². The summed E-state index contributed by atoms with van der Waals surface area (Å²) in [5.41, 5.74) is 6.15. The van der Waals surface area contributed by atoms with Crippen molar-refractivity contribution in [2.24, 2.45) is 5.73 Å². The van der Waals surface area contributed by atoms with Gasteiger partial charge in [0.2, 0.25) is 0 Å². The molecule has 6 heteroatoms. The third kappa shape index (κ3) is 2.80. The molecule has 1 amide bonds. The number of hydrogen-bond donors (Lipinski definition) is 1. The van der Waals surface area contributed by atoms with Crippen LogP contribution in [-0.4, -0.2) is 60.0 Å². The molecule has 0 aromatic carbocycles. The molecule has 1 unspecified atom stereocenters. The quantitative estimate of drug-likeness (QED) is 0.846. The Hall–Kier alpha value is -1.17. The zero-order valence-electron chi connectivity index (χ0n) is 10.3. The minimum Gasteiger partial charge on any atom is -0.330 e. The van der Waals surface area contributed by atoms with Crippen molar-refractivity contribution in [3.05, 3.63) is 29.0 Å². The Bertz CT molecular complexity index is 423. The summed E-state index contributed by atoms with van der Waals surface area (Å²) in [6.45, 7) is 2.80. The van der Waals surface area contributed by atoms with E-state index in [-0.39, 0.29) is 11.9 Å². The van der Waals surface area contributed by atoms with Crippen molar-refractivity contribution < 1.29 is 4.79 Å². The Morgan fingerprint density at radius 2 is 2.33 bits per heavy atom. The number of aromatic nitrogens is 1. The molecule has 2 N–H and O–H groups in total. The second kappa shape index (κ2) is 5.65. The SMILES string of the molecule is CN1CCN(C(=O)c2ccc(Cl)cn2)C(CN)C1. The van der Waals surface area contributed by atoms with Gasteiger partial charge in [-0.15, -0.1) is 0 Å². The maximum absolute atomic E-state index is 12.3. The smallest absolute Gasteiger partial charge is 0.272 e. The molecule has 5 nitrogen and oxygen atoms in total. The normalized spacial score (nSPS) is 21.1. The summed E-state index contributed by atoms with van der Waals surface area (Å²) in [6.07, 6.45) is 1.49. The first-order valence-electron chi connectivity index (χ1n) is 5.93. The monoisotopic (exact) mass is 268 g/mol. The first-order chi connectivity index (χ1) is 8.61. The molecule has 1 aliphatic heterocycles. The van der Waals surface area contributed by atoms with Crippen LogP contribution in [0.25, 0.3) is 0 Å². The number of piperazine rings is 1. The summed E-state index contributed by atoms with van der Waals surface area (Å²) >= 11 is 5.76. The molecule has 2 rings (SSSR count). The standard InChI is InChI=1S/C12H17ClN4O/c1-16-4-5-17(10(6-14)8-16)12(18)11-3-2-9(13)7-15-11/h2-3,7,10H,4-6,8,14H2,1H3. The van der Waals surface area contributed by atoms with Crippen molar-refractivity contribution in [3.8, 4) is 0 Å². The highest BCUT2D eigenvalue weighted by Crippen LogP contribution is 2.13. The molecule has 1 atom stereocenters. The molecule has 0 aliphatic carbocycles. The number of likely N-dealkylation sites (N-methyl/N-ethyl adjacent to an activating group) is 1. The number of carbonyl (C=O) groups excluding carboxylic acids is 1. The summed E-state index contributed by atoms with van der Waals surface area (Å²) < 4.78 is 0. The average Bonchev–Trinajstić information content (AvgIpc) is 2.38. The maximum Gasteiger partial charge on any atom is 0.272 e.